The lowest BCUT2D eigenvalue weighted by atomic mass is 10.0. The third kappa shape index (κ3) is 2.73. The topological polar surface area (TPSA) is 38.1 Å². The van der Waals surface area contributed by atoms with Crippen molar-refractivity contribution in [2.24, 2.45) is 0 Å². The third-order valence-electron chi connectivity index (χ3n) is 3.24. The highest BCUT2D eigenvalue weighted by atomic mass is 16.4. The van der Waals surface area contributed by atoms with Crippen LogP contribution in [0.25, 0.3) is 0 Å². The van der Waals surface area contributed by atoms with Gasteiger partial charge in [0, 0.05) is 7.05 Å². The Hall–Kier alpha value is -1.77. The molecule has 96 valence electrons. The maximum Gasteiger partial charge on any atom is 0.294 e. The van der Waals surface area contributed by atoms with Crippen LogP contribution in [-0.2, 0) is 12.8 Å². The molecule has 1 N–H and O–H groups in total. The van der Waals surface area contributed by atoms with Gasteiger partial charge in [0.05, 0.1) is 5.69 Å². The van der Waals surface area contributed by atoms with Gasteiger partial charge >= 0.3 is 0 Å². The molecule has 1 heterocycles. The minimum absolute atomic E-state index is 0.600. The molecule has 18 heavy (non-hydrogen) atoms. The van der Waals surface area contributed by atoms with Crippen molar-refractivity contribution in [2.45, 2.75) is 33.6 Å². The van der Waals surface area contributed by atoms with E-state index >= 15 is 0 Å². The Morgan fingerprint density at radius 3 is 2.56 bits per heavy atom. The van der Waals surface area contributed by atoms with Gasteiger partial charge < -0.3 is 9.73 Å². The van der Waals surface area contributed by atoms with Gasteiger partial charge in [0.25, 0.3) is 6.01 Å². The summed E-state index contributed by atoms with van der Waals surface area (Å²) in [5.74, 6) is 0.907. The highest BCUT2D eigenvalue weighted by Gasteiger charge is 2.09. The fourth-order valence-electron chi connectivity index (χ4n) is 2.15. The number of nitrogens with zero attached hydrogens (tertiary/aromatic N) is 1. The van der Waals surface area contributed by atoms with Crippen LogP contribution < -0.4 is 5.32 Å². The Balaban J connectivity index is 2.08. The molecule has 0 spiro atoms. The Labute approximate surface area is 108 Å². The first kappa shape index (κ1) is 12.7. The van der Waals surface area contributed by atoms with E-state index in [2.05, 4.69) is 42.3 Å². The van der Waals surface area contributed by atoms with Gasteiger partial charge in [0.1, 0.15) is 5.76 Å². The van der Waals surface area contributed by atoms with Gasteiger partial charge in [-0.25, -0.2) is 0 Å². The molecule has 1 aromatic carbocycles. The molecule has 1 aromatic heterocycles. The quantitative estimate of drug-likeness (QED) is 0.895. The van der Waals surface area contributed by atoms with Crippen LogP contribution in [0.5, 0.6) is 0 Å². The van der Waals surface area contributed by atoms with Crippen molar-refractivity contribution in [1.29, 1.82) is 0 Å². The van der Waals surface area contributed by atoms with Crippen molar-refractivity contribution in [3.8, 4) is 0 Å². The first-order valence-corrected chi connectivity index (χ1v) is 6.30. The second-order valence-electron chi connectivity index (χ2n) is 4.70. The number of aryl methyl sites for hydroxylation is 5. The van der Waals surface area contributed by atoms with Crippen molar-refractivity contribution in [3.63, 3.8) is 0 Å². The molecule has 0 amide bonds. The zero-order valence-corrected chi connectivity index (χ0v) is 11.5. The molecule has 3 nitrogen and oxygen atoms in total. The Morgan fingerprint density at radius 1 is 1.17 bits per heavy atom. The number of oxazole rings is 1. The number of benzene rings is 1. The molecule has 2 aromatic rings. The molecule has 0 saturated carbocycles. The van der Waals surface area contributed by atoms with Crippen LogP contribution in [0.2, 0.25) is 0 Å². The van der Waals surface area contributed by atoms with Crippen molar-refractivity contribution < 1.29 is 4.42 Å². The van der Waals surface area contributed by atoms with Crippen LogP contribution in [0.4, 0.5) is 6.01 Å². The molecule has 0 fully saturated rings. The molecule has 0 unspecified atom stereocenters. The maximum absolute atomic E-state index is 5.48. The van der Waals surface area contributed by atoms with Crippen molar-refractivity contribution in [2.75, 3.05) is 12.4 Å². The number of anilines is 1. The van der Waals surface area contributed by atoms with Crippen LogP contribution in [0.15, 0.2) is 22.6 Å². The van der Waals surface area contributed by atoms with E-state index in [1.54, 1.807) is 0 Å². The van der Waals surface area contributed by atoms with Crippen LogP contribution in [-0.4, -0.2) is 12.0 Å². The zero-order chi connectivity index (χ0) is 13.1. The second kappa shape index (κ2) is 5.25. The summed E-state index contributed by atoms with van der Waals surface area (Å²) in [7, 11) is 1.82. The van der Waals surface area contributed by atoms with Gasteiger partial charge in [-0.05, 0) is 44.7 Å². The Kier molecular flexibility index (Phi) is 3.70. The van der Waals surface area contributed by atoms with E-state index in [0.717, 1.165) is 24.3 Å². The SMILES string of the molecule is CNc1nc(CCc2ccc(C)cc2C)c(C)o1. The number of hydrogen-bond donors (Lipinski definition) is 1. The van der Waals surface area contributed by atoms with Crippen molar-refractivity contribution in [1.82, 2.24) is 4.98 Å². The van der Waals surface area contributed by atoms with E-state index in [-0.39, 0.29) is 0 Å². The van der Waals surface area contributed by atoms with Gasteiger partial charge in [-0.1, -0.05) is 23.8 Å². The number of hydrogen-bond acceptors (Lipinski definition) is 3. The fourth-order valence-corrected chi connectivity index (χ4v) is 2.15. The molecule has 0 saturated heterocycles. The fraction of sp³-hybridized carbons (Fsp3) is 0.400. The standard InChI is InChI=1S/C15H20N2O/c1-10-5-6-13(11(2)9-10)7-8-14-12(3)18-15(16-4)17-14/h5-6,9H,7-8H2,1-4H3,(H,16,17). The normalized spacial score (nSPS) is 10.7. The molecule has 0 radical (unpaired) electrons. The first-order valence-electron chi connectivity index (χ1n) is 6.30. The largest absolute Gasteiger partial charge is 0.429 e. The molecular weight excluding hydrogens is 224 g/mol. The summed E-state index contributed by atoms with van der Waals surface area (Å²) >= 11 is 0. The van der Waals surface area contributed by atoms with Crippen LogP contribution in [0.3, 0.4) is 0 Å². The van der Waals surface area contributed by atoms with Gasteiger partial charge in [-0.15, -0.1) is 0 Å². The summed E-state index contributed by atoms with van der Waals surface area (Å²) in [5, 5.41) is 2.93. The van der Waals surface area contributed by atoms with Gasteiger partial charge in [0.15, 0.2) is 0 Å². The molecule has 0 aliphatic carbocycles. The lowest BCUT2D eigenvalue weighted by Gasteiger charge is -2.05. The Morgan fingerprint density at radius 2 is 1.94 bits per heavy atom. The third-order valence-corrected chi connectivity index (χ3v) is 3.24. The maximum atomic E-state index is 5.48. The van der Waals surface area contributed by atoms with Crippen molar-refractivity contribution >= 4 is 6.01 Å². The van der Waals surface area contributed by atoms with E-state index < -0.39 is 0 Å². The van der Waals surface area contributed by atoms with E-state index in [1.165, 1.54) is 16.7 Å². The number of aromatic nitrogens is 1. The molecular formula is C15H20N2O. The molecule has 3 heteroatoms. The van der Waals surface area contributed by atoms with E-state index in [0.29, 0.717) is 6.01 Å². The van der Waals surface area contributed by atoms with E-state index in [4.69, 9.17) is 4.42 Å². The molecule has 0 atom stereocenters. The second-order valence-corrected chi connectivity index (χ2v) is 4.70. The van der Waals surface area contributed by atoms with Gasteiger partial charge in [0.2, 0.25) is 0 Å². The first-order chi connectivity index (χ1) is 8.60. The summed E-state index contributed by atoms with van der Waals surface area (Å²) in [6.07, 6.45) is 1.92. The average Bonchev–Trinajstić information content (AvgIpc) is 2.69. The molecule has 0 aliphatic heterocycles. The molecule has 0 aliphatic rings. The van der Waals surface area contributed by atoms with Crippen LogP contribution in [0, 0.1) is 20.8 Å². The highest BCUT2D eigenvalue weighted by molar-refractivity contribution is 5.31. The van der Waals surface area contributed by atoms with Gasteiger partial charge in [-0.3, -0.25) is 0 Å². The smallest absolute Gasteiger partial charge is 0.294 e. The summed E-state index contributed by atoms with van der Waals surface area (Å²) < 4.78 is 5.48. The monoisotopic (exact) mass is 244 g/mol. The predicted molar refractivity (Wildman–Crippen MR) is 74.1 cm³/mol. The minimum atomic E-state index is 0.600. The molecule has 2 rings (SSSR count). The predicted octanol–water partition coefficient (Wildman–Crippen LogP) is 3.43. The van der Waals surface area contributed by atoms with E-state index in [9.17, 15) is 0 Å². The average molecular weight is 244 g/mol. The van der Waals surface area contributed by atoms with E-state index in [1.807, 2.05) is 14.0 Å². The number of nitrogens with one attached hydrogen (secondary N) is 1. The Bertz CT molecular complexity index is 543. The lowest BCUT2D eigenvalue weighted by molar-refractivity contribution is 0.540. The lowest BCUT2D eigenvalue weighted by Crippen LogP contribution is -1.97. The summed E-state index contributed by atoms with van der Waals surface area (Å²) in [6, 6.07) is 7.20. The highest BCUT2D eigenvalue weighted by Crippen LogP contribution is 2.17. The number of rotatable bonds is 4. The van der Waals surface area contributed by atoms with Crippen LogP contribution >= 0.6 is 0 Å². The minimum Gasteiger partial charge on any atom is -0.429 e. The van der Waals surface area contributed by atoms with Crippen molar-refractivity contribution in [3.05, 3.63) is 46.3 Å². The zero-order valence-electron chi connectivity index (χ0n) is 11.5. The summed E-state index contributed by atoms with van der Waals surface area (Å²) in [6.45, 7) is 6.25. The summed E-state index contributed by atoms with van der Waals surface area (Å²) in [5.41, 5.74) is 5.09. The van der Waals surface area contributed by atoms with Gasteiger partial charge in [-0.2, -0.15) is 4.98 Å². The summed E-state index contributed by atoms with van der Waals surface area (Å²) in [4.78, 5) is 4.41. The molecule has 0 bridgehead atoms. The van der Waals surface area contributed by atoms with Crippen LogP contribution in [0.1, 0.15) is 28.1 Å².